The standard InChI is InChI=1S/C23H20ClN5O4S/c1-13(27-22-26-11-20(34-22)29-6-7-32-23(29)31)16-8-14-9-17(24)19(10-18(14)28-21(16)30)33-12-15-4-2-3-5-25-15/h2-5,8-11,13H,6-7,12H2,1H3,(H,26,27)(H,28,30). The largest absolute Gasteiger partial charge is 0.486 e. The van der Waals surface area contributed by atoms with E-state index in [1.165, 1.54) is 16.2 Å². The Morgan fingerprint density at radius 2 is 2.18 bits per heavy atom. The van der Waals surface area contributed by atoms with Crippen LogP contribution in [0.15, 0.2) is 53.6 Å². The molecular weight excluding hydrogens is 478 g/mol. The molecule has 174 valence electrons. The first-order valence-corrected chi connectivity index (χ1v) is 11.7. The van der Waals surface area contributed by atoms with E-state index in [2.05, 4.69) is 20.3 Å². The van der Waals surface area contributed by atoms with Crippen molar-refractivity contribution in [2.45, 2.75) is 19.6 Å². The topological polar surface area (TPSA) is 109 Å². The second-order valence-corrected chi connectivity index (χ2v) is 9.09. The summed E-state index contributed by atoms with van der Waals surface area (Å²) >= 11 is 7.77. The lowest BCUT2D eigenvalue weighted by atomic mass is 10.1. The zero-order valence-corrected chi connectivity index (χ0v) is 19.7. The molecule has 0 saturated carbocycles. The third kappa shape index (κ3) is 4.55. The zero-order chi connectivity index (χ0) is 23.7. The van der Waals surface area contributed by atoms with Crippen LogP contribution < -0.4 is 20.5 Å². The van der Waals surface area contributed by atoms with Crippen molar-refractivity contribution in [1.29, 1.82) is 0 Å². The van der Waals surface area contributed by atoms with Crippen molar-refractivity contribution in [2.75, 3.05) is 23.4 Å². The van der Waals surface area contributed by atoms with Gasteiger partial charge < -0.3 is 19.8 Å². The van der Waals surface area contributed by atoms with E-state index in [1.807, 2.05) is 25.1 Å². The number of ether oxygens (including phenoxy) is 2. The monoisotopic (exact) mass is 497 g/mol. The number of nitrogens with zero attached hydrogens (tertiary/aromatic N) is 3. The lowest BCUT2D eigenvalue weighted by Crippen LogP contribution is -2.22. The number of hydrogen-bond donors (Lipinski definition) is 2. The van der Waals surface area contributed by atoms with Crippen molar-refractivity contribution in [3.05, 3.63) is 75.4 Å². The molecule has 9 nitrogen and oxygen atoms in total. The van der Waals surface area contributed by atoms with Crippen molar-refractivity contribution in [2.24, 2.45) is 0 Å². The van der Waals surface area contributed by atoms with Crippen LogP contribution in [0.1, 0.15) is 24.2 Å². The average Bonchev–Trinajstić information content (AvgIpc) is 3.46. The second-order valence-electron chi connectivity index (χ2n) is 7.67. The van der Waals surface area contributed by atoms with Gasteiger partial charge in [0.05, 0.1) is 35.0 Å². The van der Waals surface area contributed by atoms with Gasteiger partial charge in [0.15, 0.2) is 5.13 Å². The minimum Gasteiger partial charge on any atom is -0.486 e. The fourth-order valence-electron chi connectivity index (χ4n) is 3.61. The Kier molecular flexibility index (Phi) is 6.08. The molecule has 2 N–H and O–H groups in total. The van der Waals surface area contributed by atoms with Crippen molar-refractivity contribution < 1.29 is 14.3 Å². The number of aromatic amines is 1. The quantitative estimate of drug-likeness (QED) is 0.379. The minimum atomic E-state index is -0.380. The number of thiazole rings is 1. The summed E-state index contributed by atoms with van der Waals surface area (Å²) < 4.78 is 10.8. The number of rotatable bonds is 7. The Bertz CT molecular complexity index is 1410. The number of fused-ring (bicyclic) bond motifs is 1. The van der Waals surface area contributed by atoms with Crippen LogP contribution in [0, 0.1) is 0 Å². The SMILES string of the molecule is CC(Nc1ncc(N2CCOC2=O)s1)c1cc2cc(Cl)c(OCc3ccccn3)cc2[nH]c1=O. The smallest absolute Gasteiger partial charge is 0.415 e. The van der Waals surface area contributed by atoms with Gasteiger partial charge in [0.2, 0.25) is 0 Å². The zero-order valence-electron chi connectivity index (χ0n) is 18.1. The Morgan fingerprint density at radius 1 is 1.29 bits per heavy atom. The van der Waals surface area contributed by atoms with Gasteiger partial charge in [-0.15, -0.1) is 0 Å². The van der Waals surface area contributed by atoms with Crippen LogP contribution in [-0.2, 0) is 11.3 Å². The summed E-state index contributed by atoms with van der Waals surface area (Å²) in [5.74, 6) is 0.463. The summed E-state index contributed by atoms with van der Waals surface area (Å²) in [7, 11) is 0. The molecule has 3 aromatic heterocycles. The molecule has 1 unspecified atom stereocenters. The molecule has 0 bridgehead atoms. The number of H-pyrrole nitrogens is 1. The Labute approximate surface area is 203 Å². The highest BCUT2D eigenvalue weighted by molar-refractivity contribution is 7.19. The summed E-state index contributed by atoms with van der Waals surface area (Å²) in [4.78, 5) is 37.6. The van der Waals surface area contributed by atoms with Crippen LogP contribution in [0.5, 0.6) is 5.75 Å². The van der Waals surface area contributed by atoms with E-state index < -0.39 is 0 Å². The van der Waals surface area contributed by atoms with Gasteiger partial charge in [-0.3, -0.25) is 14.7 Å². The summed E-state index contributed by atoms with van der Waals surface area (Å²) in [6.45, 7) is 2.99. The molecule has 1 amide bonds. The van der Waals surface area contributed by atoms with Crippen LogP contribution in [-0.4, -0.2) is 34.2 Å². The van der Waals surface area contributed by atoms with E-state index in [0.29, 0.717) is 45.1 Å². The van der Waals surface area contributed by atoms with Gasteiger partial charge >= 0.3 is 6.09 Å². The molecule has 1 fully saturated rings. The van der Waals surface area contributed by atoms with E-state index in [-0.39, 0.29) is 24.3 Å². The minimum absolute atomic E-state index is 0.231. The molecule has 4 heterocycles. The Hall–Kier alpha value is -3.63. The van der Waals surface area contributed by atoms with Gasteiger partial charge in [-0.1, -0.05) is 29.0 Å². The molecule has 0 aliphatic carbocycles. The number of carbonyl (C=O) groups excluding carboxylic acids is 1. The van der Waals surface area contributed by atoms with Crippen molar-refractivity contribution in [3.63, 3.8) is 0 Å². The number of carbonyl (C=O) groups is 1. The molecule has 1 aromatic carbocycles. The molecule has 1 aliphatic heterocycles. The van der Waals surface area contributed by atoms with Gasteiger partial charge in [0.25, 0.3) is 5.56 Å². The fraction of sp³-hybridized carbons (Fsp3) is 0.217. The van der Waals surface area contributed by atoms with Gasteiger partial charge in [-0.2, -0.15) is 0 Å². The molecule has 5 rings (SSSR count). The maximum atomic E-state index is 12.8. The number of hydrogen-bond acceptors (Lipinski definition) is 8. The molecule has 11 heteroatoms. The maximum Gasteiger partial charge on any atom is 0.415 e. The third-order valence-electron chi connectivity index (χ3n) is 5.35. The van der Waals surface area contributed by atoms with E-state index in [9.17, 15) is 9.59 Å². The second kappa shape index (κ2) is 9.32. The molecule has 1 atom stereocenters. The van der Waals surface area contributed by atoms with Crippen LogP contribution in [0.3, 0.4) is 0 Å². The average molecular weight is 498 g/mol. The summed E-state index contributed by atoms with van der Waals surface area (Å²) in [5, 5.41) is 5.73. The summed E-state index contributed by atoms with van der Waals surface area (Å²) in [5.41, 5.74) is 1.69. The van der Waals surface area contributed by atoms with E-state index >= 15 is 0 Å². The number of anilines is 2. The Balaban J connectivity index is 1.34. The van der Waals surface area contributed by atoms with Crippen LogP contribution in [0.2, 0.25) is 5.02 Å². The van der Waals surface area contributed by atoms with Crippen molar-refractivity contribution in [1.82, 2.24) is 15.0 Å². The number of amides is 1. The maximum absolute atomic E-state index is 12.8. The first-order chi connectivity index (χ1) is 16.5. The molecule has 0 spiro atoms. The number of cyclic esters (lactones) is 1. The van der Waals surface area contributed by atoms with E-state index in [4.69, 9.17) is 21.1 Å². The van der Waals surface area contributed by atoms with E-state index in [1.54, 1.807) is 30.6 Å². The molecule has 1 saturated heterocycles. The lowest BCUT2D eigenvalue weighted by molar-refractivity contribution is 0.181. The normalized spacial score (nSPS) is 14.3. The molecular formula is C23H20ClN5O4S. The third-order valence-corrected chi connectivity index (χ3v) is 6.60. The Morgan fingerprint density at radius 3 is 2.94 bits per heavy atom. The highest BCUT2D eigenvalue weighted by Gasteiger charge is 2.25. The van der Waals surface area contributed by atoms with Crippen molar-refractivity contribution in [3.8, 4) is 5.75 Å². The van der Waals surface area contributed by atoms with Crippen LogP contribution in [0.25, 0.3) is 10.9 Å². The predicted molar refractivity (Wildman–Crippen MR) is 131 cm³/mol. The number of pyridine rings is 2. The number of nitrogens with one attached hydrogen (secondary N) is 2. The van der Waals surface area contributed by atoms with Crippen molar-refractivity contribution >= 4 is 50.1 Å². The van der Waals surface area contributed by atoms with Gasteiger partial charge in [-0.05, 0) is 31.2 Å². The summed E-state index contributed by atoms with van der Waals surface area (Å²) in [6.07, 6.45) is 2.93. The fourth-order valence-corrected chi connectivity index (χ4v) is 4.75. The van der Waals surface area contributed by atoms with Gasteiger partial charge in [0.1, 0.15) is 24.0 Å². The summed E-state index contributed by atoms with van der Waals surface area (Å²) in [6, 6.07) is 10.5. The molecule has 4 aromatic rings. The highest BCUT2D eigenvalue weighted by atomic mass is 35.5. The van der Waals surface area contributed by atoms with Crippen LogP contribution in [0.4, 0.5) is 14.9 Å². The van der Waals surface area contributed by atoms with Gasteiger partial charge in [0, 0.05) is 23.2 Å². The predicted octanol–water partition coefficient (Wildman–Crippen LogP) is 4.74. The lowest BCUT2D eigenvalue weighted by Gasteiger charge is -2.14. The number of benzene rings is 1. The number of aromatic nitrogens is 3. The van der Waals surface area contributed by atoms with E-state index in [0.717, 1.165) is 11.1 Å². The number of halogens is 1. The molecule has 0 radical (unpaired) electrons. The first-order valence-electron chi connectivity index (χ1n) is 10.5. The van der Waals surface area contributed by atoms with Gasteiger partial charge in [-0.25, -0.2) is 9.78 Å². The molecule has 1 aliphatic rings. The highest BCUT2D eigenvalue weighted by Crippen LogP contribution is 2.33. The molecule has 34 heavy (non-hydrogen) atoms. The first kappa shape index (κ1) is 22.2. The van der Waals surface area contributed by atoms with Crippen LogP contribution >= 0.6 is 22.9 Å².